The van der Waals surface area contributed by atoms with E-state index in [1.54, 1.807) is 31.5 Å². The molecule has 2 N–H and O–H groups in total. The molecule has 0 bridgehead atoms. The van der Waals surface area contributed by atoms with Crippen LogP contribution in [-0.4, -0.2) is 18.0 Å². The average molecular weight is 396 g/mol. The van der Waals surface area contributed by atoms with Gasteiger partial charge >= 0.3 is 0 Å². The number of amides is 1. The van der Waals surface area contributed by atoms with Crippen LogP contribution in [0.3, 0.4) is 0 Å². The number of halogens is 1. The Morgan fingerprint density at radius 3 is 2.61 bits per heavy atom. The van der Waals surface area contributed by atoms with E-state index in [4.69, 9.17) is 16.3 Å². The number of ether oxygens (including phenoxy) is 1. The number of nitrogens with one attached hydrogen (secondary N) is 2. The second-order valence-electron chi connectivity index (χ2n) is 6.46. The summed E-state index contributed by atoms with van der Waals surface area (Å²) < 4.78 is 5.39. The summed E-state index contributed by atoms with van der Waals surface area (Å²) >= 11 is 6.16. The predicted molar refractivity (Wildman–Crippen MR) is 113 cm³/mol. The van der Waals surface area contributed by atoms with Crippen molar-refractivity contribution in [1.82, 2.24) is 10.3 Å². The van der Waals surface area contributed by atoms with Gasteiger partial charge in [-0.05, 0) is 43.2 Å². The van der Waals surface area contributed by atoms with Gasteiger partial charge in [-0.3, -0.25) is 9.78 Å². The normalized spacial score (nSPS) is 11.6. The summed E-state index contributed by atoms with van der Waals surface area (Å²) in [5.74, 6) is 0.385. The fraction of sp³-hybridized carbons (Fsp3) is 0.182. The minimum absolute atomic E-state index is 0.119. The first-order valence-corrected chi connectivity index (χ1v) is 9.28. The van der Waals surface area contributed by atoms with Crippen molar-refractivity contribution in [3.63, 3.8) is 0 Å². The zero-order valence-electron chi connectivity index (χ0n) is 16.0. The third-order valence-corrected chi connectivity index (χ3v) is 4.81. The van der Waals surface area contributed by atoms with E-state index in [1.807, 2.05) is 50.2 Å². The third kappa shape index (κ3) is 4.61. The van der Waals surface area contributed by atoms with Gasteiger partial charge in [0, 0.05) is 23.0 Å². The van der Waals surface area contributed by atoms with Crippen LogP contribution in [0.5, 0.6) is 5.75 Å². The number of carbonyl (C=O) groups is 1. The fourth-order valence-corrected chi connectivity index (χ4v) is 2.97. The van der Waals surface area contributed by atoms with E-state index in [-0.39, 0.29) is 11.9 Å². The zero-order valence-corrected chi connectivity index (χ0v) is 16.7. The average Bonchev–Trinajstić information content (AvgIpc) is 2.71. The first-order chi connectivity index (χ1) is 13.5. The smallest absolute Gasteiger partial charge is 0.270 e. The number of aryl methyl sites for hydroxylation is 1. The third-order valence-electron chi connectivity index (χ3n) is 4.40. The van der Waals surface area contributed by atoms with Gasteiger partial charge in [-0.15, -0.1) is 0 Å². The van der Waals surface area contributed by atoms with Crippen LogP contribution in [0, 0.1) is 6.92 Å². The highest BCUT2D eigenvalue weighted by molar-refractivity contribution is 6.31. The highest BCUT2D eigenvalue weighted by Gasteiger charge is 2.14. The summed E-state index contributed by atoms with van der Waals surface area (Å²) in [7, 11) is 1.59. The monoisotopic (exact) mass is 395 g/mol. The van der Waals surface area contributed by atoms with Gasteiger partial charge in [0.2, 0.25) is 0 Å². The minimum atomic E-state index is -0.237. The topological polar surface area (TPSA) is 63.2 Å². The largest absolute Gasteiger partial charge is 0.495 e. The maximum absolute atomic E-state index is 12.6. The Hall–Kier alpha value is -3.05. The molecule has 1 unspecified atom stereocenters. The van der Waals surface area contributed by atoms with Crippen LogP contribution in [0.4, 0.5) is 11.4 Å². The molecule has 0 spiro atoms. The molecule has 3 rings (SSSR count). The summed E-state index contributed by atoms with van der Waals surface area (Å²) in [4.78, 5) is 16.8. The van der Waals surface area contributed by atoms with Crippen LogP contribution in [0.25, 0.3) is 0 Å². The minimum Gasteiger partial charge on any atom is -0.495 e. The van der Waals surface area contributed by atoms with Crippen LogP contribution < -0.4 is 15.4 Å². The van der Waals surface area contributed by atoms with Gasteiger partial charge in [0.15, 0.2) is 0 Å². The highest BCUT2D eigenvalue weighted by Crippen LogP contribution is 2.33. The lowest BCUT2D eigenvalue weighted by atomic mass is 10.1. The highest BCUT2D eigenvalue weighted by atomic mass is 35.5. The lowest BCUT2D eigenvalue weighted by Crippen LogP contribution is -2.27. The first kappa shape index (κ1) is 19.7. The number of rotatable bonds is 6. The van der Waals surface area contributed by atoms with E-state index in [0.29, 0.717) is 16.5 Å². The van der Waals surface area contributed by atoms with Crippen LogP contribution in [-0.2, 0) is 0 Å². The number of aromatic nitrogens is 1. The van der Waals surface area contributed by atoms with Gasteiger partial charge < -0.3 is 15.4 Å². The van der Waals surface area contributed by atoms with E-state index in [9.17, 15) is 4.79 Å². The van der Waals surface area contributed by atoms with Crippen molar-refractivity contribution in [2.24, 2.45) is 0 Å². The number of methoxy groups -OCH3 is 1. The molecule has 1 aromatic heterocycles. The molecule has 0 saturated carbocycles. The number of hydrogen-bond donors (Lipinski definition) is 2. The van der Waals surface area contributed by atoms with E-state index < -0.39 is 0 Å². The van der Waals surface area contributed by atoms with Crippen LogP contribution in [0.1, 0.15) is 34.6 Å². The predicted octanol–water partition coefficient (Wildman–Crippen LogP) is 5.29. The van der Waals surface area contributed by atoms with Crippen molar-refractivity contribution < 1.29 is 9.53 Å². The molecule has 28 heavy (non-hydrogen) atoms. The quantitative estimate of drug-likeness (QED) is 0.595. The van der Waals surface area contributed by atoms with E-state index in [2.05, 4.69) is 15.6 Å². The molecule has 0 saturated heterocycles. The molecule has 0 fully saturated rings. The number of benzene rings is 2. The molecular formula is C22H22ClN3O2. The Balaban J connectivity index is 1.77. The Bertz CT molecular complexity index is 977. The van der Waals surface area contributed by atoms with Crippen molar-refractivity contribution in [3.8, 4) is 5.75 Å². The SMILES string of the molecule is COc1cc(Cl)c(C)cc1Nc1ccnc(C(=O)NC(C)c2ccccc2)c1. The van der Waals surface area contributed by atoms with Crippen molar-refractivity contribution in [2.45, 2.75) is 19.9 Å². The summed E-state index contributed by atoms with van der Waals surface area (Å²) in [5.41, 5.74) is 3.78. The molecular weight excluding hydrogens is 374 g/mol. The van der Waals surface area contributed by atoms with Gasteiger partial charge in [0.1, 0.15) is 11.4 Å². The molecule has 0 radical (unpaired) electrons. The zero-order chi connectivity index (χ0) is 20.1. The Morgan fingerprint density at radius 2 is 1.89 bits per heavy atom. The Labute approximate surface area is 169 Å². The van der Waals surface area contributed by atoms with Gasteiger partial charge in [0.25, 0.3) is 5.91 Å². The maximum atomic E-state index is 12.6. The maximum Gasteiger partial charge on any atom is 0.270 e. The van der Waals surface area contributed by atoms with E-state index in [1.165, 1.54) is 0 Å². The van der Waals surface area contributed by atoms with Crippen molar-refractivity contribution in [1.29, 1.82) is 0 Å². The standard InChI is InChI=1S/C22H22ClN3O2/c1-14-11-19(21(28-3)13-18(14)23)26-17-9-10-24-20(12-17)22(27)25-15(2)16-7-5-4-6-8-16/h4-13,15H,1-3H3,(H,24,26)(H,25,27). The lowest BCUT2D eigenvalue weighted by Gasteiger charge is -2.15. The molecule has 1 heterocycles. The molecule has 5 nitrogen and oxygen atoms in total. The molecule has 144 valence electrons. The van der Waals surface area contributed by atoms with Crippen LogP contribution >= 0.6 is 11.6 Å². The molecule has 1 amide bonds. The second kappa shape index (κ2) is 8.76. The molecule has 2 aromatic carbocycles. The van der Waals surface area contributed by atoms with E-state index >= 15 is 0 Å². The van der Waals surface area contributed by atoms with Crippen molar-refractivity contribution >= 4 is 28.9 Å². The first-order valence-electron chi connectivity index (χ1n) is 8.91. The van der Waals surface area contributed by atoms with Crippen LogP contribution in [0.2, 0.25) is 5.02 Å². The van der Waals surface area contributed by atoms with Crippen molar-refractivity contribution in [2.75, 3.05) is 12.4 Å². The summed E-state index contributed by atoms with van der Waals surface area (Å²) in [6, 6.07) is 16.8. The van der Waals surface area contributed by atoms with Crippen molar-refractivity contribution in [3.05, 3.63) is 82.6 Å². The summed E-state index contributed by atoms with van der Waals surface area (Å²) in [5, 5.41) is 6.87. The lowest BCUT2D eigenvalue weighted by molar-refractivity contribution is 0.0935. The molecule has 0 aliphatic rings. The molecule has 0 aliphatic heterocycles. The Morgan fingerprint density at radius 1 is 1.14 bits per heavy atom. The second-order valence-corrected chi connectivity index (χ2v) is 6.87. The number of carbonyl (C=O) groups excluding carboxylic acids is 1. The van der Waals surface area contributed by atoms with Gasteiger partial charge in [-0.2, -0.15) is 0 Å². The number of hydrogen-bond acceptors (Lipinski definition) is 4. The Kier molecular flexibility index (Phi) is 6.16. The number of pyridine rings is 1. The summed E-state index contributed by atoms with van der Waals surface area (Å²) in [6.45, 7) is 3.86. The molecule has 3 aromatic rings. The molecule has 1 atom stereocenters. The van der Waals surface area contributed by atoms with Gasteiger partial charge in [-0.1, -0.05) is 41.9 Å². The number of nitrogens with zero attached hydrogens (tertiary/aromatic N) is 1. The molecule has 0 aliphatic carbocycles. The fourth-order valence-electron chi connectivity index (χ4n) is 2.81. The van der Waals surface area contributed by atoms with E-state index in [0.717, 1.165) is 22.5 Å². The molecule has 6 heteroatoms. The number of anilines is 2. The summed E-state index contributed by atoms with van der Waals surface area (Å²) in [6.07, 6.45) is 1.60. The van der Waals surface area contributed by atoms with Gasteiger partial charge in [0.05, 0.1) is 18.8 Å². The van der Waals surface area contributed by atoms with Crippen LogP contribution in [0.15, 0.2) is 60.8 Å². The van der Waals surface area contributed by atoms with Gasteiger partial charge in [-0.25, -0.2) is 0 Å².